The van der Waals surface area contributed by atoms with Crippen LogP contribution in [-0.4, -0.2) is 18.4 Å². The Morgan fingerprint density at radius 3 is 2.55 bits per heavy atom. The van der Waals surface area contributed by atoms with Crippen molar-refractivity contribution in [2.45, 2.75) is 20.0 Å². The standard InChI is InChI=1S/C25H23ClN2O3/c1-17-22(26)8-5-9-23(17)27-25(30)19-14-24(29)28(15-19)20-10-12-21(13-11-20)31-16-18-6-3-2-4-7-18/h2-13,19H,14-16H2,1H3,(H,27,30). The van der Waals surface area contributed by atoms with Crippen LogP contribution in [-0.2, 0) is 16.2 Å². The van der Waals surface area contributed by atoms with Crippen LogP contribution in [0.25, 0.3) is 0 Å². The lowest BCUT2D eigenvalue weighted by molar-refractivity contribution is -0.122. The number of anilines is 2. The minimum Gasteiger partial charge on any atom is -0.489 e. The molecule has 1 N–H and O–H groups in total. The first kappa shape index (κ1) is 20.9. The topological polar surface area (TPSA) is 58.6 Å². The molecular weight excluding hydrogens is 412 g/mol. The van der Waals surface area contributed by atoms with E-state index in [0.29, 0.717) is 23.9 Å². The molecule has 0 saturated carbocycles. The second-order valence-corrected chi connectivity index (χ2v) is 7.98. The van der Waals surface area contributed by atoms with E-state index < -0.39 is 5.92 Å². The smallest absolute Gasteiger partial charge is 0.229 e. The Labute approximate surface area is 186 Å². The normalized spacial score (nSPS) is 15.7. The van der Waals surface area contributed by atoms with E-state index in [9.17, 15) is 9.59 Å². The van der Waals surface area contributed by atoms with Crippen LogP contribution >= 0.6 is 11.6 Å². The molecule has 1 atom stereocenters. The Bertz CT molecular complexity index is 1080. The zero-order valence-corrected chi connectivity index (χ0v) is 17.9. The fraction of sp³-hybridized carbons (Fsp3) is 0.200. The van der Waals surface area contributed by atoms with E-state index in [4.69, 9.17) is 16.3 Å². The SMILES string of the molecule is Cc1c(Cl)cccc1NC(=O)C1CC(=O)N(c2ccc(OCc3ccccc3)cc2)C1. The summed E-state index contributed by atoms with van der Waals surface area (Å²) in [5, 5.41) is 3.50. The number of halogens is 1. The molecule has 5 nitrogen and oxygen atoms in total. The number of hydrogen-bond acceptors (Lipinski definition) is 3. The molecule has 1 heterocycles. The minimum atomic E-state index is -0.417. The quantitative estimate of drug-likeness (QED) is 0.578. The van der Waals surface area contributed by atoms with Gasteiger partial charge in [0.05, 0.1) is 5.92 Å². The lowest BCUT2D eigenvalue weighted by Crippen LogP contribution is -2.28. The average Bonchev–Trinajstić information content (AvgIpc) is 3.18. The van der Waals surface area contributed by atoms with E-state index in [0.717, 1.165) is 22.6 Å². The summed E-state index contributed by atoms with van der Waals surface area (Å²) < 4.78 is 5.80. The number of benzene rings is 3. The third kappa shape index (κ3) is 4.89. The molecule has 2 amide bonds. The predicted molar refractivity (Wildman–Crippen MR) is 122 cm³/mol. The number of ether oxygens (including phenoxy) is 1. The van der Waals surface area contributed by atoms with Gasteiger partial charge >= 0.3 is 0 Å². The first-order chi connectivity index (χ1) is 15.0. The molecule has 0 aromatic heterocycles. The zero-order valence-electron chi connectivity index (χ0n) is 17.2. The van der Waals surface area contributed by atoms with Crippen LogP contribution < -0.4 is 15.0 Å². The molecule has 31 heavy (non-hydrogen) atoms. The lowest BCUT2D eigenvalue weighted by atomic mass is 10.1. The summed E-state index contributed by atoms with van der Waals surface area (Å²) in [7, 11) is 0. The van der Waals surface area contributed by atoms with Gasteiger partial charge in [0.2, 0.25) is 11.8 Å². The van der Waals surface area contributed by atoms with Crippen molar-refractivity contribution in [1.29, 1.82) is 0 Å². The molecule has 0 bridgehead atoms. The third-order valence-electron chi connectivity index (χ3n) is 5.42. The van der Waals surface area contributed by atoms with Gasteiger partial charge in [0.1, 0.15) is 12.4 Å². The maximum atomic E-state index is 12.7. The molecule has 0 aliphatic carbocycles. The van der Waals surface area contributed by atoms with E-state index in [-0.39, 0.29) is 18.2 Å². The third-order valence-corrected chi connectivity index (χ3v) is 5.83. The van der Waals surface area contributed by atoms with Gasteiger partial charge in [-0.15, -0.1) is 0 Å². The zero-order chi connectivity index (χ0) is 21.8. The molecule has 3 aromatic rings. The van der Waals surface area contributed by atoms with Gasteiger partial charge in [0.15, 0.2) is 0 Å². The van der Waals surface area contributed by atoms with E-state index in [2.05, 4.69) is 5.32 Å². The van der Waals surface area contributed by atoms with Gasteiger partial charge < -0.3 is 15.0 Å². The van der Waals surface area contributed by atoms with Crippen LogP contribution in [0.2, 0.25) is 5.02 Å². The molecule has 1 aliphatic heterocycles. The highest BCUT2D eigenvalue weighted by atomic mass is 35.5. The van der Waals surface area contributed by atoms with Gasteiger partial charge in [-0.05, 0) is 54.4 Å². The van der Waals surface area contributed by atoms with Gasteiger partial charge in [-0.1, -0.05) is 48.0 Å². The van der Waals surface area contributed by atoms with Crippen molar-refractivity contribution in [3.63, 3.8) is 0 Å². The van der Waals surface area contributed by atoms with Crippen molar-refractivity contribution in [2.24, 2.45) is 5.92 Å². The molecule has 1 saturated heterocycles. The average molecular weight is 435 g/mol. The van der Waals surface area contributed by atoms with Crippen molar-refractivity contribution in [3.8, 4) is 5.75 Å². The van der Waals surface area contributed by atoms with Crippen molar-refractivity contribution < 1.29 is 14.3 Å². The minimum absolute atomic E-state index is 0.0686. The van der Waals surface area contributed by atoms with Crippen LogP contribution in [0, 0.1) is 12.8 Å². The fourth-order valence-electron chi connectivity index (χ4n) is 3.57. The van der Waals surface area contributed by atoms with Crippen LogP contribution in [0.15, 0.2) is 72.8 Å². The predicted octanol–water partition coefficient (Wildman–Crippen LogP) is 5.22. The highest BCUT2D eigenvalue weighted by molar-refractivity contribution is 6.31. The fourth-order valence-corrected chi connectivity index (χ4v) is 3.75. The van der Waals surface area contributed by atoms with Crippen LogP contribution in [0.3, 0.4) is 0 Å². The summed E-state index contributed by atoms with van der Waals surface area (Å²) >= 11 is 6.13. The number of nitrogens with one attached hydrogen (secondary N) is 1. The van der Waals surface area contributed by atoms with Crippen LogP contribution in [0.1, 0.15) is 17.5 Å². The van der Waals surface area contributed by atoms with Crippen molar-refractivity contribution >= 4 is 34.8 Å². The molecule has 1 aliphatic rings. The van der Waals surface area contributed by atoms with Gasteiger partial charge in [0, 0.05) is 29.4 Å². The van der Waals surface area contributed by atoms with E-state index >= 15 is 0 Å². The van der Waals surface area contributed by atoms with E-state index in [1.807, 2.05) is 67.6 Å². The second-order valence-electron chi connectivity index (χ2n) is 7.58. The Kier molecular flexibility index (Phi) is 6.23. The molecule has 3 aromatic carbocycles. The molecule has 158 valence electrons. The molecule has 1 unspecified atom stereocenters. The number of amides is 2. The maximum absolute atomic E-state index is 12.7. The van der Waals surface area contributed by atoms with Crippen molar-refractivity contribution in [2.75, 3.05) is 16.8 Å². The van der Waals surface area contributed by atoms with Crippen molar-refractivity contribution in [3.05, 3.63) is 88.9 Å². The first-order valence-electron chi connectivity index (χ1n) is 10.1. The molecule has 0 spiro atoms. The van der Waals surface area contributed by atoms with Crippen LogP contribution in [0.4, 0.5) is 11.4 Å². The Morgan fingerprint density at radius 2 is 1.81 bits per heavy atom. The van der Waals surface area contributed by atoms with Gasteiger partial charge in [-0.2, -0.15) is 0 Å². The number of nitrogens with zero attached hydrogens (tertiary/aromatic N) is 1. The van der Waals surface area contributed by atoms with Gasteiger partial charge in [-0.25, -0.2) is 0 Å². The summed E-state index contributed by atoms with van der Waals surface area (Å²) in [6, 6.07) is 22.7. The van der Waals surface area contributed by atoms with Crippen molar-refractivity contribution in [1.82, 2.24) is 0 Å². The molecule has 0 radical (unpaired) electrons. The number of carbonyl (C=O) groups is 2. The summed E-state index contributed by atoms with van der Waals surface area (Å²) in [6.45, 7) is 2.67. The number of rotatable bonds is 6. The molecular formula is C25H23ClN2O3. The first-order valence-corrected chi connectivity index (χ1v) is 10.5. The highest BCUT2D eigenvalue weighted by Crippen LogP contribution is 2.29. The Hall–Kier alpha value is -3.31. The monoisotopic (exact) mass is 434 g/mol. The highest BCUT2D eigenvalue weighted by Gasteiger charge is 2.35. The van der Waals surface area contributed by atoms with Gasteiger partial charge in [0.25, 0.3) is 0 Å². The summed E-state index contributed by atoms with van der Waals surface area (Å²) in [5.41, 5.74) is 3.32. The summed E-state index contributed by atoms with van der Waals surface area (Å²) in [5.74, 6) is 0.0646. The molecule has 6 heteroatoms. The number of hydrogen-bond donors (Lipinski definition) is 1. The van der Waals surface area contributed by atoms with E-state index in [1.54, 1.807) is 17.0 Å². The number of carbonyl (C=O) groups excluding carboxylic acids is 2. The maximum Gasteiger partial charge on any atom is 0.229 e. The summed E-state index contributed by atoms with van der Waals surface area (Å²) in [6.07, 6.45) is 0.178. The summed E-state index contributed by atoms with van der Waals surface area (Å²) in [4.78, 5) is 26.9. The molecule has 1 fully saturated rings. The lowest BCUT2D eigenvalue weighted by Gasteiger charge is -2.18. The molecule has 4 rings (SSSR count). The van der Waals surface area contributed by atoms with Crippen LogP contribution in [0.5, 0.6) is 5.75 Å². The largest absolute Gasteiger partial charge is 0.489 e. The van der Waals surface area contributed by atoms with Gasteiger partial charge in [-0.3, -0.25) is 9.59 Å². The van der Waals surface area contributed by atoms with E-state index in [1.165, 1.54) is 0 Å². The second kappa shape index (κ2) is 9.23. The Balaban J connectivity index is 1.37. The Morgan fingerprint density at radius 1 is 1.06 bits per heavy atom.